The number of nitrogens with one attached hydrogen (secondary N) is 2. The molecule has 3 N–H and O–H groups in total. The van der Waals surface area contributed by atoms with Crippen molar-refractivity contribution in [3.05, 3.63) is 35.9 Å². The SMILES string of the molecule is CCC.CCC(C)C(C(CC(=O)N1CCCC1C(OC)C(C)C(=O)NC(C)C(O)c1ccccc1)OC)N(C)C(=O)CNC(=O)C(C(C)C)[N+](C)(C)C(C)C. The van der Waals surface area contributed by atoms with Gasteiger partial charge in [-0.25, -0.2) is 0 Å². The number of hydrogen-bond donors (Lipinski definition) is 3. The summed E-state index contributed by atoms with van der Waals surface area (Å²) in [6.45, 7) is 20.5. The van der Waals surface area contributed by atoms with Gasteiger partial charge >= 0.3 is 0 Å². The summed E-state index contributed by atoms with van der Waals surface area (Å²) >= 11 is 0. The topological polar surface area (TPSA) is 138 Å². The minimum atomic E-state index is -0.873. The quantitative estimate of drug-likeness (QED) is 0.155. The molecule has 316 valence electrons. The van der Waals surface area contributed by atoms with Crippen LogP contribution in [0.1, 0.15) is 113 Å². The van der Waals surface area contributed by atoms with Crippen LogP contribution in [0.5, 0.6) is 0 Å². The number of ether oxygens (including phenoxy) is 2. The lowest BCUT2D eigenvalue weighted by Gasteiger charge is -2.42. The summed E-state index contributed by atoms with van der Waals surface area (Å²) in [6, 6.07) is 7.79. The van der Waals surface area contributed by atoms with Gasteiger partial charge in [0.25, 0.3) is 5.91 Å². The Morgan fingerprint density at radius 1 is 0.945 bits per heavy atom. The van der Waals surface area contributed by atoms with Gasteiger partial charge in [-0.2, -0.15) is 0 Å². The van der Waals surface area contributed by atoms with Crippen LogP contribution in [0.3, 0.4) is 0 Å². The molecule has 2 rings (SSSR count). The Kier molecular flexibility index (Phi) is 21.7. The van der Waals surface area contributed by atoms with E-state index in [0.29, 0.717) is 23.0 Å². The summed E-state index contributed by atoms with van der Waals surface area (Å²) in [4.78, 5) is 58.0. The molecule has 9 unspecified atom stereocenters. The largest absolute Gasteiger partial charge is 0.386 e. The lowest BCUT2D eigenvalue weighted by Crippen LogP contribution is -2.62. The summed E-state index contributed by atoms with van der Waals surface area (Å²) in [5.74, 6) is -1.34. The number of amides is 4. The van der Waals surface area contributed by atoms with Crippen LogP contribution in [-0.4, -0.2) is 134 Å². The van der Waals surface area contributed by atoms with Gasteiger partial charge in [0, 0.05) is 33.7 Å². The Morgan fingerprint density at radius 3 is 2.02 bits per heavy atom. The van der Waals surface area contributed by atoms with Gasteiger partial charge in [0.05, 0.1) is 75.5 Å². The fraction of sp³-hybridized carbons (Fsp3) is 0.767. The number of aliphatic hydroxyl groups excluding tert-OH is 1. The molecular weight excluding hydrogens is 699 g/mol. The number of carbonyl (C=O) groups is 4. The highest BCUT2D eigenvalue weighted by atomic mass is 16.5. The summed E-state index contributed by atoms with van der Waals surface area (Å²) in [7, 11) is 8.90. The first-order valence-electron chi connectivity index (χ1n) is 20.5. The van der Waals surface area contributed by atoms with Crippen molar-refractivity contribution in [2.45, 2.75) is 150 Å². The van der Waals surface area contributed by atoms with Crippen molar-refractivity contribution in [1.82, 2.24) is 20.4 Å². The summed E-state index contributed by atoms with van der Waals surface area (Å²) < 4.78 is 12.4. The molecule has 0 aliphatic carbocycles. The van der Waals surface area contributed by atoms with Gasteiger partial charge in [-0.05, 0) is 45.1 Å². The highest BCUT2D eigenvalue weighted by Gasteiger charge is 2.43. The predicted octanol–water partition coefficient (Wildman–Crippen LogP) is 5.19. The molecule has 9 atom stereocenters. The van der Waals surface area contributed by atoms with E-state index in [1.54, 1.807) is 44.9 Å². The Hall–Kier alpha value is -3.06. The molecule has 0 radical (unpaired) electrons. The number of likely N-dealkylation sites (N-methyl/N-ethyl adjacent to an activating group) is 2. The minimum absolute atomic E-state index is 0.000369. The lowest BCUT2D eigenvalue weighted by molar-refractivity contribution is -0.929. The van der Waals surface area contributed by atoms with E-state index < -0.39 is 36.3 Å². The first kappa shape index (κ1) is 50.0. The van der Waals surface area contributed by atoms with Crippen molar-refractivity contribution >= 4 is 23.6 Å². The zero-order chi connectivity index (χ0) is 42.2. The van der Waals surface area contributed by atoms with Gasteiger partial charge in [0.1, 0.15) is 0 Å². The number of carbonyl (C=O) groups excluding carboxylic acids is 4. The van der Waals surface area contributed by atoms with Crippen molar-refractivity contribution in [2.75, 3.05) is 48.5 Å². The molecule has 0 saturated carbocycles. The van der Waals surface area contributed by atoms with E-state index in [1.807, 2.05) is 72.1 Å². The van der Waals surface area contributed by atoms with Gasteiger partial charge in [0.2, 0.25) is 17.7 Å². The van der Waals surface area contributed by atoms with Crippen molar-refractivity contribution in [2.24, 2.45) is 17.8 Å². The second kappa shape index (κ2) is 23.9. The Labute approximate surface area is 333 Å². The smallest absolute Gasteiger partial charge is 0.279 e. The molecule has 0 aromatic heterocycles. The number of nitrogens with zero attached hydrogens (tertiary/aromatic N) is 3. The molecule has 1 aromatic carbocycles. The van der Waals surface area contributed by atoms with E-state index in [-0.39, 0.29) is 66.6 Å². The minimum Gasteiger partial charge on any atom is -0.386 e. The molecule has 55 heavy (non-hydrogen) atoms. The van der Waals surface area contributed by atoms with Gasteiger partial charge in [-0.15, -0.1) is 0 Å². The Balaban J connectivity index is 0.00000487. The molecule has 0 spiro atoms. The molecule has 1 saturated heterocycles. The maximum absolute atomic E-state index is 14.1. The summed E-state index contributed by atoms with van der Waals surface area (Å²) in [5, 5.41) is 16.7. The number of rotatable bonds is 20. The van der Waals surface area contributed by atoms with Gasteiger partial charge in [-0.3, -0.25) is 19.2 Å². The van der Waals surface area contributed by atoms with Crippen molar-refractivity contribution in [1.29, 1.82) is 0 Å². The fourth-order valence-electron chi connectivity index (χ4n) is 7.79. The third-order valence-electron chi connectivity index (χ3n) is 11.7. The average molecular weight is 777 g/mol. The van der Waals surface area contributed by atoms with Gasteiger partial charge in [0.15, 0.2) is 6.04 Å². The number of quaternary nitrogens is 1. The Morgan fingerprint density at radius 2 is 1.53 bits per heavy atom. The van der Waals surface area contributed by atoms with Crippen molar-refractivity contribution < 1.29 is 38.2 Å². The molecule has 12 nitrogen and oxygen atoms in total. The number of hydrogen-bond acceptors (Lipinski definition) is 7. The number of aliphatic hydroxyl groups is 1. The molecule has 1 heterocycles. The second-order valence-electron chi connectivity index (χ2n) is 16.6. The second-order valence-corrected chi connectivity index (χ2v) is 16.6. The monoisotopic (exact) mass is 777 g/mol. The van der Waals surface area contributed by atoms with E-state index in [4.69, 9.17) is 9.47 Å². The maximum Gasteiger partial charge on any atom is 0.279 e. The molecule has 0 bridgehead atoms. The predicted molar refractivity (Wildman–Crippen MR) is 220 cm³/mol. The molecule has 4 amide bonds. The van der Waals surface area contributed by atoms with Crippen molar-refractivity contribution in [3.8, 4) is 0 Å². The van der Waals surface area contributed by atoms with Gasteiger partial charge in [-0.1, -0.05) is 91.6 Å². The van der Waals surface area contributed by atoms with E-state index in [1.165, 1.54) is 6.42 Å². The molecule has 1 aromatic rings. The third-order valence-corrected chi connectivity index (χ3v) is 11.7. The van der Waals surface area contributed by atoms with Crippen LogP contribution in [0.2, 0.25) is 0 Å². The first-order chi connectivity index (χ1) is 25.8. The van der Waals surface area contributed by atoms with Crippen LogP contribution in [0, 0.1) is 17.8 Å². The third kappa shape index (κ3) is 13.8. The van der Waals surface area contributed by atoms with Gasteiger partial charge < -0.3 is 39.5 Å². The molecule has 1 fully saturated rings. The Bertz CT molecular complexity index is 1310. The lowest BCUT2D eigenvalue weighted by atomic mass is 9.90. The normalized spacial score (nSPS) is 18.9. The van der Waals surface area contributed by atoms with Crippen LogP contribution in [0.25, 0.3) is 0 Å². The zero-order valence-electron chi connectivity index (χ0n) is 36.9. The highest BCUT2D eigenvalue weighted by Crippen LogP contribution is 2.30. The molecule has 1 aliphatic heterocycles. The number of methoxy groups -OCH3 is 2. The molecule has 1 aliphatic rings. The van der Waals surface area contributed by atoms with E-state index in [9.17, 15) is 24.3 Å². The van der Waals surface area contributed by atoms with E-state index >= 15 is 0 Å². The van der Waals surface area contributed by atoms with Crippen molar-refractivity contribution in [3.63, 3.8) is 0 Å². The average Bonchev–Trinajstić information content (AvgIpc) is 3.63. The molecular formula is C43H78N5O7+. The van der Waals surface area contributed by atoms with Crippen LogP contribution in [0.15, 0.2) is 30.3 Å². The number of benzene rings is 1. The van der Waals surface area contributed by atoms with Crippen LogP contribution in [0.4, 0.5) is 0 Å². The van der Waals surface area contributed by atoms with Crippen LogP contribution < -0.4 is 10.6 Å². The maximum atomic E-state index is 14.1. The molecule has 12 heteroatoms. The van der Waals surface area contributed by atoms with Crippen LogP contribution in [-0.2, 0) is 28.7 Å². The standard InChI is InChI=1S/C40H69N5O7.C3H8/c1-14-27(6)35(43(9)34(47)24-41-40(50)36(25(2)3)45(10,11)26(4)5)32(51-12)23-33(46)44-22-18-21-31(44)38(52-13)28(7)39(49)42-29(8)37(48)30-19-16-15-17-20-30;1-3-2/h15-17,19-20,25-29,31-32,35-38,48H,14,18,21-24H2,1-13H3,(H-,41,42,49,50);3H2,1-2H3/p+1. The summed E-state index contributed by atoms with van der Waals surface area (Å²) in [5.41, 5.74) is 0.712. The summed E-state index contributed by atoms with van der Waals surface area (Å²) in [6.07, 6.45) is 1.44. The zero-order valence-corrected chi connectivity index (χ0v) is 36.9. The number of likely N-dealkylation sites (tertiary alicyclic amines) is 1. The van der Waals surface area contributed by atoms with Crippen LogP contribution >= 0.6 is 0 Å². The highest BCUT2D eigenvalue weighted by molar-refractivity contribution is 5.87. The van der Waals surface area contributed by atoms with E-state index in [0.717, 1.165) is 12.8 Å². The fourth-order valence-corrected chi connectivity index (χ4v) is 7.79. The first-order valence-corrected chi connectivity index (χ1v) is 20.5. The van der Waals surface area contributed by atoms with E-state index in [2.05, 4.69) is 38.3 Å².